The number of nitrogens with zero attached hydrogens (tertiary/aromatic N) is 1. The fourth-order valence-corrected chi connectivity index (χ4v) is 3.45. The molecule has 128 valence electrons. The Bertz CT molecular complexity index is 382. The van der Waals surface area contributed by atoms with Gasteiger partial charge in [-0.1, -0.05) is 39.5 Å². The molecule has 1 saturated heterocycles. The molecule has 0 spiro atoms. The highest BCUT2D eigenvalue weighted by Crippen LogP contribution is 2.33. The van der Waals surface area contributed by atoms with Gasteiger partial charge in [0, 0.05) is 13.0 Å². The molecule has 1 aliphatic heterocycles. The van der Waals surface area contributed by atoms with Crippen LogP contribution in [-0.4, -0.2) is 36.1 Å². The van der Waals surface area contributed by atoms with E-state index < -0.39 is 5.66 Å². The van der Waals surface area contributed by atoms with E-state index in [1.54, 1.807) is 4.90 Å². The van der Waals surface area contributed by atoms with Gasteiger partial charge in [0.25, 0.3) is 0 Å². The molecule has 2 N–H and O–H groups in total. The lowest BCUT2D eigenvalue weighted by molar-refractivity contribution is -0.145. The molecule has 1 amide bonds. The minimum Gasteiger partial charge on any atom is -0.469 e. The van der Waals surface area contributed by atoms with E-state index in [0.29, 0.717) is 6.54 Å². The average molecular weight is 312 g/mol. The van der Waals surface area contributed by atoms with Gasteiger partial charge in [0.05, 0.1) is 18.7 Å². The Labute approximate surface area is 134 Å². The Morgan fingerprint density at radius 1 is 1.41 bits per heavy atom. The van der Waals surface area contributed by atoms with Gasteiger partial charge in [0.1, 0.15) is 0 Å². The molecule has 5 nitrogen and oxygen atoms in total. The number of carbonyl (C=O) groups excluding carboxylic acids is 2. The van der Waals surface area contributed by atoms with Crippen molar-refractivity contribution in [3.63, 3.8) is 0 Å². The molecule has 2 unspecified atom stereocenters. The van der Waals surface area contributed by atoms with Crippen LogP contribution in [-0.2, 0) is 14.3 Å². The molecule has 1 heterocycles. The highest BCUT2D eigenvalue weighted by atomic mass is 16.5. The van der Waals surface area contributed by atoms with Gasteiger partial charge in [-0.2, -0.15) is 0 Å². The van der Waals surface area contributed by atoms with Gasteiger partial charge in [-0.25, -0.2) is 0 Å². The third kappa shape index (κ3) is 4.45. The fraction of sp³-hybridized carbons (Fsp3) is 0.882. The van der Waals surface area contributed by atoms with E-state index in [4.69, 9.17) is 10.5 Å². The van der Waals surface area contributed by atoms with Crippen LogP contribution in [0.5, 0.6) is 0 Å². The molecule has 1 rings (SSSR count). The van der Waals surface area contributed by atoms with Crippen LogP contribution in [0.4, 0.5) is 0 Å². The van der Waals surface area contributed by atoms with Crippen molar-refractivity contribution in [1.82, 2.24) is 4.90 Å². The molecule has 3 atom stereocenters. The largest absolute Gasteiger partial charge is 0.469 e. The van der Waals surface area contributed by atoms with E-state index in [1.165, 1.54) is 26.4 Å². The predicted molar refractivity (Wildman–Crippen MR) is 87.0 cm³/mol. The summed E-state index contributed by atoms with van der Waals surface area (Å²) in [4.78, 5) is 25.7. The summed E-state index contributed by atoms with van der Waals surface area (Å²) in [5.74, 6) is -0.474. The van der Waals surface area contributed by atoms with E-state index >= 15 is 0 Å². The zero-order valence-electron chi connectivity index (χ0n) is 14.6. The number of rotatable bonds is 9. The Hall–Kier alpha value is -1.10. The molecule has 22 heavy (non-hydrogen) atoms. The SMILES string of the molecule is CCCCCC[C@@H](CC)C(C)(N)N1CC(C(=O)OC)CC1=O. The summed E-state index contributed by atoms with van der Waals surface area (Å²) in [6, 6.07) is 0. The highest BCUT2D eigenvalue weighted by Gasteiger charge is 2.45. The topological polar surface area (TPSA) is 72.6 Å². The number of nitrogens with two attached hydrogens (primary N) is 1. The Morgan fingerprint density at radius 3 is 2.64 bits per heavy atom. The monoisotopic (exact) mass is 312 g/mol. The molecular weight excluding hydrogens is 280 g/mol. The number of methoxy groups -OCH3 is 1. The number of carbonyl (C=O) groups is 2. The van der Waals surface area contributed by atoms with Gasteiger partial charge in [0.15, 0.2) is 0 Å². The van der Waals surface area contributed by atoms with Crippen LogP contribution in [0, 0.1) is 11.8 Å². The lowest BCUT2D eigenvalue weighted by Gasteiger charge is -2.42. The Balaban J connectivity index is 2.69. The van der Waals surface area contributed by atoms with Crippen LogP contribution in [0.25, 0.3) is 0 Å². The van der Waals surface area contributed by atoms with Gasteiger partial charge in [-0.15, -0.1) is 0 Å². The maximum atomic E-state index is 12.3. The van der Waals surface area contributed by atoms with Crippen LogP contribution in [0.3, 0.4) is 0 Å². The van der Waals surface area contributed by atoms with Crippen molar-refractivity contribution in [2.75, 3.05) is 13.7 Å². The van der Waals surface area contributed by atoms with Crippen LogP contribution >= 0.6 is 0 Å². The van der Waals surface area contributed by atoms with Gasteiger partial charge in [0.2, 0.25) is 5.91 Å². The summed E-state index contributed by atoms with van der Waals surface area (Å²) in [5, 5.41) is 0. The zero-order valence-corrected chi connectivity index (χ0v) is 14.6. The Morgan fingerprint density at radius 2 is 2.09 bits per heavy atom. The number of esters is 1. The molecule has 0 radical (unpaired) electrons. The molecular formula is C17H32N2O3. The maximum absolute atomic E-state index is 12.3. The second-order valence-corrected chi connectivity index (χ2v) is 6.61. The third-order valence-electron chi connectivity index (χ3n) is 4.97. The minimum atomic E-state index is -0.694. The molecule has 0 aromatic rings. The predicted octanol–water partition coefficient (Wildman–Crippen LogP) is 2.68. The first-order valence-corrected chi connectivity index (χ1v) is 8.55. The Kier molecular flexibility index (Phi) is 7.33. The van der Waals surface area contributed by atoms with E-state index in [9.17, 15) is 9.59 Å². The number of hydrogen-bond donors (Lipinski definition) is 1. The van der Waals surface area contributed by atoms with Crippen molar-refractivity contribution in [2.45, 2.75) is 71.4 Å². The van der Waals surface area contributed by atoms with Crippen molar-refractivity contribution in [3.8, 4) is 0 Å². The minimum absolute atomic E-state index is 0.0348. The first-order chi connectivity index (χ1) is 10.4. The molecule has 1 aliphatic rings. The highest BCUT2D eigenvalue weighted by molar-refractivity contribution is 5.87. The van der Waals surface area contributed by atoms with E-state index in [2.05, 4.69) is 13.8 Å². The van der Waals surface area contributed by atoms with Gasteiger partial charge >= 0.3 is 5.97 Å². The first kappa shape index (κ1) is 18.9. The maximum Gasteiger partial charge on any atom is 0.310 e. The van der Waals surface area contributed by atoms with Gasteiger partial charge < -0.3 is 15.4 Å². The number of hydrogen-bond acceptors (Lipinski definition) is 4. The van der Waals surface area contributed by atoms with E-state index in [1.807, 2.05) is 6.92 Å². The smallest absolute Gasteiger partial charge is 0.310 e. The summed E-state index contributed by atoms with van der Waals surface area (Å²) in [6.07, 6.45) is 6.98. The summed E-state index contributed by atoms with van der Waals surface area (Å²) in [5.41, 5.74) is 5.85. The summed E-state index contributed by atoms with van der Waals surface area (Å²) in [6.45, 7) is 6.62. The van der Waals surface area contributed by atoms with Gasteiger partial charge in [-0.05, 0) is 25.7 Å². The molecule has 0 aromatic carbocycles. The summed E-state index contributed by atoms with van der Waals surface area (Å²) in [7, 11) is 1.36. The van der Waals surface area contributed by atoms with Crippen molar-refractivity contribution in [1.29, 1.82) is 0 Å². The number of ether oxygens (including phenoxy) is 1. The molecule has 0 saturated carbocycles. The number of likely N-dealkylation sites (tertiary alicyclic amines) is 1. The third-order valence-corrected chi connectivity index (χ3v) is 4.97. The standard InChI is InChI=1S/C17H32N2O3/c1-5-7-8-9-10-14(6-2)17(3,18)19-12-13(11-15(19)20)16(21)22-4/h13-14H,5-12,18H2,1-4H3/t13?,14-,17?/m1/s1. The van der Waals surface area contributed by atoms with E-state index in [0.717, 1.165) is 19.3 Å². The molecule has 0 aliphatic carbocycles. The molecule has 0 bridgehead atoms. The van der Waals surface area contributed by atoms with Crippen LogP contribution in [0.15, 0.2) is 0 Å². The molecule has 1 fully saturated rings. The van der Waals surface area contributed by atoms with Crippen molar-refractivity contribution in [2.24, 2.45) is 17.6 Å². The van der Waals surface area contributed by atoms with E-state index in [-0.39, 0.29) is 30.1 Å². The van der Waals surface area contributed by atoms with Gasteiger partial charge in [-0.3, -0.25) is 9.59 Å². The lowest BCUT2D eigenvalue weighted by atomic mass is 9.86. The summed E-state index contributed by atoms with van der Waals surface area (Å²) >= 11 is 0. The van der Waals surface area contributed by atoms with Crippen LogP contribution in [0.1, 0.15) is 65.7 Å². The molecule has 0 aromatic heterocycles. The quantitative estimate of drug-likeness (QED) is 0.525. The van der Waals surface area contributed by atoms with Crippen LogP contribution in [0.2, 0.25) is 0 Å². The van der Waals surface area contributed by atoms with Crippen molar-refractivity contribution in [3.05, 3.63) is 0 Å². The summed E-state index contributed by atoms with van der Waals surface area (Å²) < 4.78 is 4.76. The van der Waals surface area contributed by atoms with Crippen molar-refractivity contribution >= 4 is 11.9 Å². The average Bonchev–Trinajstić information content (AvgIpc) is 2.89. The fourth-order valence-electron chi connectivity index (χ4n) is 3.45. The normalized spacial score (nSPS) is 22.5. The molecule has 5 heteroatoms. The number of unbranched alkanes of at least 4 members (excludes halogenated alkanes) is 3. The second-order valence-electron chi connectivity index (χ2n) is 6.61. The lowest BCUT2D eigenvalue weighted by Crippen LogP contribution is -2.59. The second kappa shape index (κ2) is 8.51. The first-order valence-electron chi connectivity index (χ1n) is 8.55. The zero-order chi connectivity index (χ0) is 16.8. The van der Waals surface area contributed by atoms with Crippen LogP contribution < -0.4 is 5.73 Å². The van der Waals surface area contributed by atoms with Crippen molar-refractivity contribution < 1.29 is 14.3 Å². The number of amides is 1.